The quantitative estimate of drug-likeness (QED) is 0.643. The smallest absolute Gasteiger partial charge is 0.271 e. The number of non-ortho nitro benzene ring substituents is 1. The molecule has 1 heterocycles. The maximum Gasteiger partial charge on any atom is 0.271 e. The Kier molecular flexibility index (Phi) is 4.15. The van der Waals surface area contributed by atoms with Crippen molar-refractivity contribution in [2.24, 2.45) is 0 Å². The molecule has 1 fully saturated rings. The number of rotatable bonds is 5. The van der Waals surface area contributed by atoms with Crippen molar-refractivity contribution >= 4 is 11.4 Å². The van der Waals surface area contributed by atoms with Crippen molar-refractivity contribution in [3.63, 3.8) is 0 Å². The molecule has 1 aliphatic heterocycles. The highest BCUT2D eigenvalue weighted by Crippen LogP contribution is 2.30. The van der Waals surface area contributed by atoms with E-state index < -0.39 is 0 Å². The molecule has 0 aliphatic carbocycles. The van der Waals surface area contributed by atoms with Gasteiger partial charge in [-0.15, -0.1) is 0 Å². The molecular weight excluding hydrogens is 232 g/mol. The minimum atomic E-state index is -0.359. The van der Waals surface area contributed by atoms with Crippen LogP contribution < -0.4 is 4.90 Å². The minimum absolute atomic E-state index is 0.139. The summed E-state index contributed by atoms with van der Waals surface area (Å²) in [5.74, 6) is 0. The Labute approximate surface area is 106 Å². The van der Waals surface area contributed by atoms with E-state index in [1.165, 1.54) is 6.07 Å². The number of nitro benzene ring substituents is 1. The number of aliphatic hydroxyl groups is 1. The van der Waals surface area contributed by atoms with Gasteiger partial charge in [-0.3, -0.25) is 10.1 Å². The van der Waals surface area contributed by atoms with Gasteiger partial charge in [0.1, 0.15) is 0 Å². The van der Waals surface area contributed by atoms with Crippen LogP contribution in [0.1, 0.15) is 25.7 Å². The molecule has 1 aliphatic rings. The Hall–Kier alpha value is -1.62. The third kappa shape index (κ3) is 2.79. The maximum absolute atomic E-state index is 10.8. The van der Waals surface area contributed by atoms with Crippen LogP contribution in [0, 0.1) is 10.1 Å². The zero-order valence-corrected chi connectivity index (χ0v) is 10.3. The van der Waals surface area contributed by atoms with Crippen LogP contribution in [-0.2, 0) is 0 Å². The van der Waals surface area contributed by atoms with E-state index in [0.717, 1.165) is 37.9 Å². The molecule has 1 saturated heterocycles. The summed E-state index contributed by atoms with van der Waals surface area (Å²) in [6.45, 7) is 1.15. The second-order valence-corrected chi connectivity index (χ2v) is 4.63. The fourth-order valence-corrected chi connectivity index (χ4v) is 2.59. The lowest BCUT2D eigenvalue weighted by Gasteiger charge is -2.26. The van der Waals surface area contributed by atoms with Gasteiger partial charge >= 0.3 is 0 Å². The van der Waals surface area contributed by atoms with E-state index in [9.17, 15) is 10.1 Å². The molecule has 2 rings (SSSR count). The zero-order chi connectivity index (χ0) is 13.0. The summed E-state index contributed by atoms with van der Waals surface area (Å²) in [5.41, 5.74) is 1.06. The van der Waals surface area contributed by atoms with Crippen LogP contribution in [0.25, 0.3) is 0 Å². The topological polar surface area (TPSA) is 66.6 Å². The highest BCUT2D eigenvalue weighted by atomic mass is 16.6. The lowest BCUT2D eigenvalue weighted by molar-refractivity contribution is -0.384. The van der Waals surface area contributed by atoms with Crippen molar-refractivity contribution in [3.05, 3.63) is 34.4 Å². The van der Waals surface area contributed by atoms with Crippen LogP contribution in [0.3, 0.4) is 0 Å². The summed E-state index contributed by atoms with van der Waals surface area (Å²) in [6.07, 6.45) is 3.94. The highest BCUT2D eigenvalue weighted by molar-refractivity contribution is 5.54. The Bertz CT molecular complexity index is 422. The number of hydrogen-bond donors (Lipinski definition) is 1. The molecule has 1 atom stereocenters. The van der Waals surface area contributed by atoms with Gasteiger partial charge in [0.25, 0.3) is 5.69 Å². The molecule has 0 bridgehead atoms. The summed E-state index contributed by atoms with van der Waals surface area (Å²) < 4.78 is 0. The van der Waals surface area contributed by atoms with E-state index in [1.54, 1.807) is 12.1 Å². The van der Waals surface area contributed by atoms with E-state index in [1.807, 2.05) is 6.07 Å². The van der Waals surface area contributed by atoms with Crippen molar-refractivity contribution in [1.29, 1.82) is 0 Å². The first-order valence-electron chi connectivity index (χ1n) is 6.34. The lowest BCUT2D eigenvalue weighted by Crippen LogP contribution is -2.29. The van der Waals surface area contributed by atoms with E-state index in [0.29, 0.717) is 6.04 Å². The maximum atomic E-state index is 10.8. The van der Waals surface area contributed by atoms with Crippen molar-refractivity contribution in [2.75, 3.05) is 18.1 Å². The molecule has 0 saturated carbocycles. The predicted molar refractivity (Wildman–Crippen MR) is 69.8 cm³/mol. The van der Waals surface area contributed by atoms with E-state index in [-0.39, 0.29) is 17.2 Å². The fourth-order valence-electron chi connectivity index (χ4n) is 2.59. The average Bonchev–Trinajstić information content (AvgIpc) is 2.84. The number of nitro groups is 1. The standard InChI is InChI=1S/C13H18N2O3/c16-9-3-7-11-6-2-8-14(11)12-4-1-5-13(10-12)15(17)18/h1,4-5,10-11,16H,2-3,6-9H2. The molecule has 0 amide bonds. The molecule has 1 N–H and O–H groups in total. The van der Waals surface area contributed by atoms with Crippen LogP contribution in [0.2, 0.25) is 0 Å². The third-order valence-electron chi connectivity index (χ3n) is 3.44. The number of hydrogen-bond acceptors (Lipinski definition) is 4. The normalized spacial score (nSPS) is 19.2. The Morgan fingerprint density at radius 2 is 2.33 bits per heavy atom. The van der Waals surface area contributed by atoms with Gasteiger partial charge in [-0.2, -0.15) is 0 Å². The predicted octanol–water partition coefficient (Wildman–Crippen LogP) is 2.34. The summed E-state index contributed by atoms with van der Waals surface area (Å²) in [7, 11) is 0. The summed E-state index contributed by atoms with van der Waals surface area (Å²) in [6, 6.07) is 7.21. The van der Waals surface area contributed by atoms with Gasteiger partial charge in [-0.1, -0.05) is 6.07 Å². The average molecular weight is 250 g/mol. The first-order chi connectivity index (χ1) is 8.72. The molecule has 0 aromatic heterocycles. The molecular formula is C13H18N2O3. The van der Waals surface area contributed by atoms with E-state index in [4.69, 9.17) is 5.11 Å². The van der Waals surface area contributed by atoms with E-state index in [2.05, 4.69) is 4.90 Å². The van der Waals surface area contributed by atoms with Gasteiger partial charge in [0.15, 0.2) is 0 Å². The largest absolute Gasteiger partial charge is 0.396 e. The molecule has 98 valence electrons. The SMILES string of the molecule is O=[N+]([O-])c1cccc(N2CCCC2CCCO)c1. The second kappa shape index (κ2) is 5.82. The minimum Gasteiger partial charge on any atom is -0.396 e. The van der Waals surface area contributed by atoms with Gasteiger partial charge in [0.05, 0.1) is 4.92 Å². The van der Waals surface area contributed by atoms with Gasteiger partial charge in [-0.05, 0) is 31.7 Å². The Balaban J connectivity index is 2.14. The number of benzene rings is 1. The fraction of sp³-hybridized carbons (Fsp3) is 0.538. The Morgan fingerprint density at radius 1 is 1.50 bits per heavy atom. The van der Waals surface area contributed by atoms with Crippen molar-refractivity contribution in [1.82, 2.24) is 0 Å². The monoisotopic (exact) mass is 250 g/mol. The lowest BCUT2D eigenvalue weighted by atomic mass is 10.1. The van der Waals surface area contributed by atoms with Crippen LogP contribution >= 0.6 is 0 Å². The molecule has 1 aromatic carbocycles. The van der Waals surface area contributed by atoms with Crippen molar-refractivity contribution < 1.29 is 10.0 Å². The van der Waals surface area contributed by atoms with Crippen LogP contribution in [0.5, 0.6) is 0 Å². The van der Waals surface area contributed by atoms with Crippen molar-refractivity contribution in [2.45, 2.75) is 31.7 Å². The van der Waals surface area contributed by atoms with Crippen LogP contribution in [0.4, 0.5) is 11.4 Å². The Morgan fingerprint density at radius 3 is 3.06 bits per heavy atom. The molecule has 5 nitrogen and oxygen atoms in total. The van der Waals surface area contributed by atoms with Crippen LogP contribution in [0.15, 0.2) is 24.3 Å². The van der Waals surface area contributed by atoms with Gasteiger partial charge in [0.2, 0.25) is 0 Å². The highest BCUT2D eigenvalue weighted by Gasteiger charge is 2.25. The first kappa shape index (κ1) is 12.8. The molecule has 5 heteroatoms. The number of aliphatic hydroxyl groups excluding tert-OH is 1. The molecule has 1 aromatic rings. The summed E-state index contributed by atoms with van der Waals surface area (Å²) >= 11 is 0. The second-order valence-electron chi connectivity index (χ2n) is 4.63. The van der Waals surface area contributed by atoms with E-state index >= 15 is 0 Å². The first-order valence-corrected chi connectivity index (χ1v) is 6.34. The third-order valence-corrected chi connectivity index (χ3v) is 3.44. The molecule has 18 heavy (non-hydrogen) atoms. The number of anilines is 1. The van der Waals surface area contributed by atoms with Gasteiger partial charge in [0, 0.05) is 37.0 Å². The van der Waals surface area contributed by atoms with Gasteiger partial charge in [-0.25, -0.2) is 0 Å². The zero-order valence-electron chi connectivity index (χ0n) is 10.3. The molecule has 0 radical (unpaired) electrons. The number of nitrogens with zero attached hydrogens (tertiary/aromatic N) is 2. The van der Waals surface area contributed by atoms with Crippen molar-refractivity contribution in [3.8, 4) is 0 Å². The molecule has 1 unspecified atom stereocenters. The summed E-state index contributed by atoms with van der Waals surface area (Å²) in [5, 5.41) is 19.7. The van der Waals surface area contributed by atoms with Crippen LogP contribution in [-0.4, -0.2) is 29.2 Å². The summed E-state index contributed by atoms with van der Waals surface area (Å²) in [4.78, 5) is 12.6. The molecule has 0 spiro atoms. The van der Waals surface area contributed by atoms with Gasteiger partial charge < -0.3 is 10.0 Å².